The van der Waals surface area contributed by atoms with Crippen LogP contribution in [0, 0.1) is 5.92 Å². The first-order valence-corrected chi connectivity index (χ1v) is 8.97. The zero-order chi connectivity index (χ0) is 14.4. The summed E-state index contributed by atoms with van der Waals surface area (Å²) >= 11 is 3.56. The second kappa shape index (κ2) is 5.40. The Kier molecular flexibility index (Phi) is 3.54. The summed E-state index contributed by atoms with van der Waals surface area (Å²) in [6.07, 6.45) is 6.80. The van der Waals surface area contributed by atoms with E-state index in [0.29, 0.717) is 6.04 Å². The number of hydrogen-bond donors (Lipinski definition) is 1. The highest BCUT2D eigenvalue weighted by molar-refractivity contribution is 9.10. The molecule has 3 nitrogen and oxygen atoms in total. The van der Waals surface area contributed by atoms with Crippen LogP contribution in [0.5, 0.6) is 0 Å². The number of aryl methyl sites for hydroxylation is 1. The maximum Gasteiger partial charge on any atom is 0.127 e. The van der Waals surface area contributed by atoms with Gasteiger partial charge in [0.2, 0.25) is 0 Å². The fraction of sp³-hybridized carbons (Fsp3) is 0.588. The number of nitrogens with zero attached hydrogens (tertiary/aromatic N) is 2. The van der Waals surface area contributed by atoms with E-state index >= 15 is 0 Å². The maximum absolute atomic E-state index is 4.95. The van der Waals surface area contributed by atoms with Crippen LogP contribution in [0.4, 0.5) is 0 Å². The average molecular weight is 348 g/mol. The second-order valence-electron chi connectivity index (χ2n) is 6.45. The second-order valence-corrected chi connectivity index (χ2v) is 7.37. The van der Waals surface area contributed by atoms with Crippen molar-refractivity contribution in [1.29, 1.82) is 0 Å². The first kappa shape index (κ1) is 13.8. The molecule has 2 heterocycles. The minimum absolute atomic E-state index is 0.434. The van der Waals surface area contributed by atoms with E-state index in [4.69, 9.17) is 4.98 Å². The largest absolute Gasteiger partial charge is 0.327 e. The van der Waals surface area contributed by atoms with Crippen LogP contribution in [0.3, 0.4) is 0 Å². The van der Waals surface area contributed by atoms with E-state index in [-0.39, 0.29) is 0 Å². The van der Waals surface area contributed by atoms with Crippen molar-refractivity contribution < 1.29 is 0 Å². The molecule has 0 spiro atoms. The van der Waals surface area contributed by atoms with Crippen molar-refractivity contribution in [2.24, 2.45) is 5.92 Å². The molecule has 1 aliphatic carbocycles. The van der Waals surface area contributed by atoms with Crippen LogP contribution in [-0.2, 0) is 6.54 Å². The van der Waals surface area contributed by atoms with Crippen LogP contribution in [0.1, 0.15) is 50.9 Å². The van der Waals surface area contributed by atoms with Crippen molar-refractivity contribution in [2.45, 2.75) is 57.7 Å². The topological polar surface area (TPSA) is 29.9 Å². The van der Waals surface area contributed by atoms with E-state index in [1.165, 1.54) is 43.4 Å². The summed E-state index contributed by atoms with van der Waals surface area (Å²) in [6.45, 7) is 3.20. The van der Waals surface area contributed by atoms with Crippen LogP contribution in [0.2, 0.25) is 0 Å². The van der Waals surface area contributed by atoms with Crippen LogP contribution in [-0.4, -0.2) is 15.6 Å². The third-order valence-electron chi connectivity index (χ3n) is 5.23. The number of halogens is 1. The highest BCUT2D eigenvalue weighted by atomic mass is 79.9. The first-order chi connectivity index (χ1) is 10.3. The Balaban J connectivity index is 1.73. The Labute approximate surface area is 134 Å². The Bertz CT molecular complexity index is 649. The molecule has 2 fully saturated rings. The standard InChI is InChI=1S/C17H22BrN3/c1-2-21-16-8-7-12(18)10-14(16)20-17(21)15-9-11-5-3-4-6-13(11)19-15/h7-8,10-11,13,15,19H,2-6,9H2,1H3. The molecule has 1 aliphatic heterocycles. The first-order valence-electron chi connectivity index (χ1n) is 8.18. The van der Waals surface area contributed by atoms with Crippen molar-refractivity contribution >= 4 is 27.0 Å². The van der Waals surface area contributed by atoms with E-state index in [1.54, 1.807) is 0 Å². The van der Waals surface area contributed by atoms with Crippen molar-refractivity contribution in [1.82, 2.24) is 14.9 Å². The Morgan fingerprint density at radius 2 is 2.19 bits per heavy atom. The Morgan fingerprint density at radius 1 is 1.33 bits per heavy atom. The lowest BCUT2D eigenvalue weighted by atomic mass is 9.85. The van der Waals surface area contributed by atoms with Gasteiger partial charge in [0.1, 0.15) is 5.82 Å². The quantitative estimate of drug-likeness (QED) is 0.871. The third-order valence-corrected chi connectivity index (χ3v) is 5.72. The molecule has 0 radical (unpaired) electrons. The lowest BCUT2D eigenvalue weighted by molar-refractivity contribution is 0.325. The number of imidazole rings is 1. The van der Waals surface area contributed by atoms with Gasteiger partial charge in [0.25, 0.3) is 0 Å². The number of hydrogen-bond acceptors (Lipinski definition) is 2. The molecule has 2 aromatic rings. The lowest BCUT2D eigenvalue weighted by Gasteiger charge is -2.24. The normalized spacial score (nSPS) is 29.0. The van der Waals surface area contributed by atoms with Gasteiger partial charge in [-0.05, 0) is 50.3 Å². The molecule has 3 unspecified atom stereocenters. The molecule has 2 aliphatic rings. The molecule has 0 bridgehead atoms. The molecule has 1 aromatic heterocycles. The predicted molar refractivity (Wildman–Crippen MR) is 89.3 cm³/mol. The van der Waals surface area contributed by atoms with Gasteiger partial charge in [0.15, 0.2) is 0 Å². The van der Waals surface area contributed by atoms with Crippen molar-refractivity contribution in [3.63, 3.8) is 0 Å². The highest BCUT2D eigenvalue weighted by Crippen LogP contribution is 2.39. The number of nitrogens with one attached hydrogen (secondary N) is 1. The summed E-state index contributed by atoms with van der Waals surface area (Å²) in [4.78, 5) is 4.95. The van der Waals surface area contributed by atoms with Crippen molar-refractivity contribution in [3.8, 4) is 0 Å². The minimum atomic E-state index is 0.434. The highest BCUT2D eigenvalue weighted by Gasteiger charge is 2.37. The van der Waals surface area contributed by atoms with Gasteiger partial charge in [-0.2, -0.15) is 0 Å². The van der Waals surface area contributed by atoms with Crippen LogP contribution < -0.4 is 5.32 Å². The van der Waals surface area contributed by atoms with E-state index < -0.39 is 0 Å². The van der Waals surface area contributed by atoms with Gasteiger partial charge in [-0.25, -0.2) is 4.98 Å². The number of benzene rings is 1. The van der Waals surface area contributed by atoms with E-state index in [1.807, 2.05) is 0 Å². The lowest BCUT2D eigenvalue weighted by Crippen LogP contribution is -2.31. The maximum atomic E-state index is 4.95. The Morgan fingerprint density at radius 3 is 3.00 bits per heavy atom. The summed E-state index contributed by atoms with van der Waals surface area (Å²) in [7, 11) is 0. The molecule has 3 atom stereocenters. The fourth-order valence-corrected chi connectivity index (χ4v) is 4.59. The zero-order valence-corrected chi connectivity index (χ0v) is 14.1. The van der Waals surface area contributed by atoms with Gasteiger partial charge in [0.05, 0.1) is 17.1 Å². The molecule has 112 valence electrons. The van der Waals surface area contributed by atoms with Gasteiger partial charge in [-0.1, -0.05) is 28.8 Å². The van der Waals surface area contributed by atoms with Gasteiger partial charge < -0.3 is 9.88 Å². The molecule has 1 N–H and O–H groups in total. The number of aromatic nitrogens is 2. The monoisotopic (exact) mass is 347 g/mol. The minimum Gasteiger partial charge on any atom is -0.327 e. The van der Waals surface area contributed by atoms with Crippen molar-refractivity contribution in [3.05, 3.63) is 28.5 Å². The molecule has 4 rings (SSSR count). The van der Waals surface area contributed by atoms with Gasteiger partial charge >= 0.3 is 0 Å². The van der Waals surface area contributed by atoms with E-state index in [9.17, 15) is 0 Å². The SMILES string of the molecule is CCn1c(C2CC3CCCCC3N2)nc2cc(Br)ccc21. The number of fused-ring (bicyclic) bond motifs is 2. The van der Waals surface area contributed by atoms with Gasteiger partial charge in [-0.3, -0.25) is 0 Å². The van der Waals surface area contributed by atoms with E-state index in [2.05, 4.69) is 50.9 Å². The molecular formula is C17H22BrN3. The third kappa shape index (κ3) is 2.33. The zero-order valence-electron chi connectivity index (χ0n) is 12.5. The molecule has 1 saturated heterocycles. The fourth-order valence-electron chi connectivity index (χ4n) is 4.24. The smallest absolute Gasteiger partial charge is 0.127 e. The van der Waals surface area contributed by atoms with Gasteiger partial charge in [0, 0.05) is 17.1 Å². The molecule has 1 saturated carbocycles. The van der Waals surface area contributed by atoms with Crippen LogP contribution >= 0.6 is 15.9 Å². The van der Waals surface area contributed by atoms with Gasteiger partial charge in [-0.15, -0.1) is 0 Å². The summed E-state index contributed by atoms with van der Waals surface area (Å²) in [6, 6.07) is 7.58. The number of rotatable bonds is 2. The predicted octanol–water partition coefficient (Wildman–Crippen LogP) is 4.41. The summed E-state index contributed by atoms with van der Waals surface area (Å²) in [5, 5.41) is 3.86. The van der Waals surface area contributed by atoms with Crippen LogP contribution in [0.15, 0.2) is 22.7 Å². The van der Waals surface area contributed by atoms with Crippen molar-refractivity contribution in [2.75, 3.05) is 0 Å². The summed E-state index contributed by atoms with van der Waals surface area (Å²) in [5.74, 6) is 2.10. The Hall–Kier alpha value is -0.870. The molecule has 21 heavy (non-hydrogen) atoms. The average Bonchev–Trinajstić information content (AvgIpc) is 3.06. The molecule has 0 amide bonds. The molecule has 1 aromatic carbocycles. The summed E-state index contributed by atoms with van der Waals surface area (Å²) < 4.78 is 3.49. The molecular weight excluding hydrogens is 326 g/mol. The van der Waals surface area contributed by atoms with E-state index in [0.717, 1.165) is 28.5 Å². The molecule has 4 heteroatoms. The van der Waals surface area contributed by atoms with Crippen LogP contribution in [0.25, 0.3) is 11.0 Å². The summed E-state index contributed by atoms with van der Waals surface area (Å²) in [5.41, 5.74) is 2.37.